The minimum absolute atomic E-state index is 0.117. The first-order chi connectivity index (χ1) is 15.1. The van der Waals surface area contributed by atoms with Crippen LogP contribution in [0, 0.1) is 0 Å². The molecule has 2 aromatic rings. The number of phenolic OH excluding ortho intramolecular Hbond substituents is 1. The molecule has 166 valence electrons. The van der Waals surface area contributed by atoms with Crippen LogP contribution in [0.5, 0.6) is 5.75 Å². The number of phenols is 1. The van der Waals surface area contributed by atoms with Gasteiger partial charge in [-0.05, 0) is 50.7 Å². The van der Waals surface area contributed by atoms with E-state index in [-0.39, 0.29) is 11.4 Å². The number of nitrogens with one attached hydrogen (secondary N) is 2. The number of carbonyl (C=O) groups excluding carboxylic acids is 1. The molecule has 2 aliphatic heterocycles. The van der Waals surface area contributed by atoms with Crippen molar-refractivity contribution in [3.8, 4) is 5.75 Å². The van der Waals surface area contributed by atoms with E-state index in [2.05, 4.69) is 30.4 Å². The van der Waals surface area contributed by atoms with Crippen molar-refractivity contribution >= 4 is 35.1 Å². The maximum Gasteiger partial charge on any atom is 0.250 e. The van der Waals surface area contributed by atoms with Crippen molar-refractivity contribution in [2.75, 3.05) is 53.2 Å². The highest BCUT2D eigenvalue weighted by Gasteiger charge is 2.20. The molecular weight excluding hydrogens is 398 g/mol. The van der Waals surface area contributed by atoms with Crippen LogP contribution in [0.25, 0.3) is 0 Å². The van der Waals surface area contributed by atoms with Crippen molar-refractivity contribution in [2.45, 2.75) is 38.5 Å². The zero-order chi connectivity index (χ0) is 21.6. The molecule has 4 rings (SSSR count). The van der Waals surface area contributed by atoms with Gasteiger partial charge in [0.2, 0.25) is 23.8 Å². The number of amides is 1. The molecule has 1 amide bonds. The number of nitrogens with zero attached hydrogens (tertiary/aromatic N) is 5. The molecule has 1 aromatic heterocycles. The van der Waals surface area contributed by atoms with Crippen LogP contribution in [0.1, 0.15) is 38.5 Å². The number of aromatic nitrogens is 3. The maximum absolute atomic E-state index is 11.4. The topological polar surface area (TPSA) is 127 Å². The minimum Gasteiger partial charge on any atom is -0.506 e. The van der Waals surface area contributed by atoms with Gasteiger partial charge in [0.1, 0.15) is 12.4 Å². The van der Waals surface area contributed by atoms with Crippen molar-refractivity contribution in [3.05, 3.63) is 18.2 Å². The van der Waals surface area contributed by atoms with Gasteiger partial charge in [-0.3, -0.25) is 4.79 Å². The SMILES string of the molecule is O=C(CO)Nc1ccc(Nc2nc(N3CCCCC3)nc(N3CCCCC3)n2)cc1O. The third-order valence-corrected chi connectivity index (χ3v) is 5.56. The summed E-state index contributed by atoms with van der Waals surface area (Å²) >= 11 is 0. The van der Waals surface area contributed by atoms with E-state index >= 15 is 0 Å². The van der Waals surface area contributed by atoms with E-state index in [9.17, 15) is 9.90 Å². The van der Waals surface area contributed by atoms with Gasteiger partial charge in [0, 0.05) is 37.9 Å². The molecule has 4 N–H and O–H groups in total. The largest absolute Gasteiger partial charge is 0.506 e. The number of piperidine rings is 2. The zero-order valence-electron chi connectivity index (χ0n) is 17.5. The summed E-state index contributed by atoms with van der Waals surface area (Å²) in [6, 6.07) is 4.75. The second-order valence-corrected chi connectivity index (χ2v) is 7.92. The molecule has 0 aliphatic carbocycles. The summed E-state index contributed by atoms with van der Waals surface area (Å²) in [5, 5.41) is 24.7. The summed E-state index contributed by atoms with van der Waals surface area (Å²) < 4.78 is 0. The summed E-state index contributed by atoms with van der Waals surface area (Å²) in [6.45, 7) is 3.08. The number of anilines is 5. The van der Waals surface area contributed by atoms with Gasteiger partial charge in [-0.1, -0.05) is 0 Å². The molecule has 31 heavy (non-hydrogen) atoms. The fourth-order valence-corrected chi connectivity index (χ4v) is 3.91. The van der Waals surface area contributed by atoms with Crippen molar-refractivity contribution in [1.82, 2.24) is 15.0 Å². The predicted octanol–water partition coefficient (Wildman–Crippen LogP) is 2.23. The predicted molar refractivity (Wildman–Crippen MR) is 119 cm³/mol. The minimum atomic E-state index is -0.650. The van der Waals surface area contributed by atoms with E-state index < -0.39 is 12.5 Å². The second kappa shape index (κ2) is 9.78. The van der Waals surface area contributed by atoms with Gasteiger partial charge < -0.3 is 30.6 Å². The highest BCUT2D eigenvalue weighted by molar-refractivity contribution is 5.93. The number of aliphatic hydroxyl groups excluding tert-OH is 1. The Morgan fingerprint density at radius 1 is 0.903 bits per heavy atom. The Morgan fingerprint density at radius 3 is 2.00 bits per heavy atom. The molecule has 3 heterocycles. The lowest BCUT2D eigenvalue weighted by atomic mass is 10.1. The van der Waals surface area contributed by atoms with E-state index in [1.54, 1.807) is 12.1 Å². The van der Waals surface area contributed by atoms with Crippen molar-refractivity contribution in [3.63, 3.8) is 0 Å². The number of aliphatic hydroxyl groups is 1. The third-order valence-electron chi connectivity index (χ3n) is 5.56. The summed E-state index contributed by atoms with van der Waals surface area (Å²) in [6.07, 6.45) is 6.96. The van der Waals surface area contributed by atoms with Crippen LogP contribution in [0.4, 0.5) is 29.2 Å². The average Bonchev–Trinajstić information content (AvgIpc) is 2.81. The van der Waals surface area contributed by atoms with Gasteiger partial charge >= 0.3 is 0 Å². The number of carbonyl (C=O) groups is 1. The summed E-state index contributed by atoms with van der Waals surface area (Å²) in [5.74, 6) is 1.06. The molecule has 0 atom stereocenters. The smallest absolute Gasteiger partial charge is 0.250 e. The lowest BCUT2D eigenvalue weighted by Crippen LogP contribution is -2.34. The first-order valence-electron chi connectivity index (χ1n) is 10.9. The molecule has 2 fully saturated rings. The van der Waals surface area contributed by atoms with Gasteiger partial charge in [0.05, 0.1) is 5.69 Å². The van der Waals surface area contributed by atoms with Gasteiger partial charge in [-0.15, -0.1) is 0 Å². The standard InChI is InChI=1S/C21H29N7O3/c29-14-18(31)23-16-8-7-15(13-17(16)30)22-19-24-20(27-9-3-1-4-10-27)26-21(25-19)28-11-5-2-6-12-28/h7-8,13,29-30H,1-6,9-12,14H2,(H,23,31)(H,22,24,25,26). The molecule has 0 saturated carbocycles. The Bertz CT molecular complexity index is 876. The van der Waals surface area contributed by atoms with E-state index in [1.807, 2.05) is 0 Å². The molecule has 10 nitrogen and oxygen atoms in total. The van der Waals surface area contributed by atoms with Gasteiger partial charge in [0.25, 0.3) is 0 Å². The van der Waals surface area contributed by atoms with Crippen molar-refractivity contribution < 1.29 is 15.0 Å². The number of hydrogen-bond acceptors (Lipinski definition) is 9. The van der Waals surface area contributed by atoms with Crippen molar-refractivity contribution in [2.24, 2.45) is 0 Å². The van der Waals surface area contributed by atoms with Crippen LogP contribution in [-0.4, -0.2) is 63.9 Å². The summed E-state index contributed by atoms with van der Waals surface area (Å²) in [7, 11) is 0. The highest BCUT2D eigenvalue weighted by Crippen LogP contribution is 2.29. The molecule has 2 saturated heterocycles. The zero-order valence-corrected chi connectivity index (χ0v) is 17.5. The summed E-state index contributed by atoms with van der Waals surface area (Å²) in [5.41, 5.74) is 0.808. The molecule has 2 aliphatic rings. The van der Waals surface area contributed by atoms with E-state index in [0.29, 0.717) is 23.5 Å². The first-order valence-corrected chi connectivity index (χ1v) is 10.9. The monoisotopic (exact) mass is 427 g/mol. The first kappa shape index (κ1) is 21.1. The number of benzene rings is 1. The van der Waals surface area contributed by atoms with Gasteiger partial charge in [-0.2, -0.15) is 15.0 Å². The fraction of sp³-hybridized carbons (Fsp3) is 0.524. The Hall–Kier alpha value is -3.14. The van der Waals surface area contributed by atoms with Crippen LogP contribution in [0.3, 0.4) is 0 Å². The van der Waals surface area contributed by atoms with Crippen LogP contribution >= 0.6 is 0 Å². The van der Waals surface area contributed by atoms with E-state index in [1.165, 1.54) is 18.9 Å². The molecule has 0 unspecified atom stereocenters. The fourth-order valence-electron chi connectivity index (χ4n) is 3.91. The Labute approximate surface area is 181 Å². The Morgan fingerprint density at radius 2 is 1.48 bits per heavy atom. The normalized spacial score (nSPS) is 16.8. The van der Waals surface area contributed by atoms with Crippen LogP contribution in [0.2, 0.25) is 0 Å². The van der Waals surface area contributed by atoms with Gasteiger partial charge in [0.15, 0.2) is 0 Å². The lowest BCUT2D eigenvalue weighted by molar-refractivity contribution is -0.118. The molecular formula is C21H29N7O3. The highest BCUT2D eigenvalue weighted by atomic mass is 16.3. The molecule has 10 heteroatoms. The molecule has 0 radical (unpaired) electrons. The van der Waals surface area contributed by atoms with Crippen LogP contribution in [-0.2, 0) is 4.79 Å². The number of aromatic hydroxyl groups is 1. The molecule has 0 bridgehead atoms. The van der Waals surface area contributed by atoms with Gasteiger partial charge in [-0.25, -0.2) is 0 Å². The molecule has 0 spiro atoms. The molecule has 1 aromatic carbocycles. The second-order valence-electron chi connectivity index (χ2n) is 7.92. The quantitative estimate of drug-likeness (QED) is 0.513. The Kier molecular flexibility index (Phi) is 6.66. The Balaban J connectivity index is 1.59. The lowest BCUT2D eigenvalue weighted by Gasteiger charge is -2.30. The summed E-state index contributed by atoms with van der Waals surface area (Å²) in [4.78, 5) is 29.8. The van der Waals surface area contributed by atoms with E-state index in [0.717, 1.165) is 51.9 Å². The average molecular weight is 428 g/mol. The number of hydrogen-bond donors (Lipinski definition) is 4. The van der Waals surface area contributed by atoms with Crippen molar-refractivity contribution in [1.29, 1.82) is 0 Å². The van der Waals surface area contributed by atoms with Crippen LogP contribution in [0.15, 0.2) is 18.2 Å². The number of rotatable bonds is 6. The maximum atomic E-state index is 11.4. The third kappa shape index (κ3) is 5.32. The van der Waals surface area contributed by atoms with E-state index in [4.69, 9.17) is 10.1 Å². The van der Waals surface area contributed by atoms with Crippen LogP contribution < -0.4 is 20.4 Å².